The Hall–Kier alpha value is -1.71. The molecule has 0 aromatic heterocycles. The third-order valence-electron chi connectivity index (χ3n) is 5.16. The zero-order chi connectivity index (χ0) is 20.6. The molecule has 0 bridgehead atoms. The van der Waals surface area contributed by atoms with Crippen molar-refractivity contribution in [1.29, 1.82) is 0 Å². The van der Waals surface area contributed by atoms with Crippen LogP contribution in [0.5, 0.6) is 0 Å². The first-order valence-corrected chi connectivity index (χ1v) is 10.3. The van der Waals surface area contributed by atoms with Gasteiger partial charge < -0.3 is 34.1 Å². The quantitative estimate of drug-likeness (QED) is 0.637. The highest BCUT2D eigenvalue weighted by molar-refractivity contribution is 5.67. The number of amides is 1. The molecule has 2 heterocycles. The predicted octanol–water partition coefficient (Wildman–Crippen LogP) is 2.51. The molecule has 0 aliphatic carbocycles. The molecule has 3 rings (SSSR count). The zero-order valence-electron chi connectivity index (χ0n) is 17.0. The highest BCUT2D eigenvalue weighted by Crippen LogP contribution is 2.35. The van der Waals surface area contributed by atoms with Crippen molar-refractivity contribution in [3.05, 3.63) is 35.9 Å². The van der Waals surface area contributed by atoms with Gasteiger partial charge in [0.2, 0.25) is 0 Å². The molecular formula is C21H31NO7. The van der Waals surface area contributed by atoms with Crippen molar-refractivity contribution in [2.24, 2.45) is 0 Å². The van der Waals surface area contributed by atoms with Gasteiger partial charge in [-0.05, 0) is 6.42 Å². The molecule has 6 atom stereocenters. The van der Waals surface area contributed by atoms with E-state index in [4.69, 9.17) is 23.7 Å². The van der Waals surface area contributed by atoms with Gasteiger partial charge in [0.1, 0.15) is 18.3 Å². The van der Waals surface area contributed by atoms with Crippen molar-refractivity contribution in [3.63, 3.8) is 0 Å². The molecule has 2 aliphatic heterocycles. The van der Waals surface area contributed by atoms with E-state index in [-0.39, 0.29) is 6.61 Å². The number of hydrogen-bond donors (Lipinski definition) is 2. The van der Waals surface area contributed by atoms with E-state index in [0.29, 0.717) is 6.54 Å². The Balaban J connectivity index is 1.58. The van der Waals surface area contributed by atoms with Gasteiger partial charge in [0.15, 0.2) is 18.7 Å². The number of carbonyl (C=O) groups excluding carboxylic acids is 1. The van der Waals surface area contributed by atoms with E-state index < -0.39 is 43.1 Å². The standard InChI is InChI=1S/C21H31NO7/c1-3-4-5-9-12-22-21(24)29-18-16(23)17-15(27-20(18)25-2)13-26-19(28-17)14-10-7-6-8-11-14/h6-8,10-11,15-20,23H,3-5,9,12-13H2,1-2H3,(H,22,24)/t15-,16+,17-,18-,19?,20+/m1/s1. The second-order valence-electron chi connectivity index (χ2n) is 7.30. The van der Waals surface area contributed by atoms with Gasteiger partial charge in [-0.1, -0.05) is 56.5 Å². The van der Waals surface area contributed by atoms with Gasteiger partial charge in [0, 0.05) is 19.2 Å². The summed E-state index contributed by atoms with van der Waals surface area (Å²) in [6.45, 7) is 2.88. The van der Waals surface area contributed by atoms with Crippen molar-refractivity contribution in [2.45, 2.75) is 69.6 Å². The Labute approximate surface area is 171 Å². The van der Waals surface area contributed by atoms with Crippen LogP contribution in [-0.2, 0) is 23.7 Å². The van der Waals surface area contributed by atoms with Gasteiger partial charge in [0.05, 0.1) is 6.61 Å². The first-order valence-electron chi connectivity index (χ1n) is 10.3. The SMILES string of the molecule is CCCCCCNC(=O)O[C@H]1[C@@H](OC)O[C@@H]2COC(c3ccccc3)O[C@H]2[C@@H]1O. The summed E-state index contributed by atoms with van der Waals surface area (Å²) in [4.78, 5) is 12.2. The Morgan fingerprint density at radius 2 is 2.00 bits per heavy atom. The van der Waals surface area contributed by atoms with Gasteiger partial charge in [-0.15, -0.1) is 0 Å². The van der Waals surface area contributed by atoms with Crippen LogP contribution >= 0.6 is 0 Å². The molecular weight excluding hydrogens is 378 g/mol. The first-order chi connectivity index (χ1) is 14.1. The van der Waals surface area contributed by atoms with E-state index >= 15 is 0 Å². The van der Waals surface area contributed by atoms with Crippen LogP contribution in [0.25, 0.3) is 0 Å². The number of alkyl carbamates (subject to hydrolysis) is 1. The fourth-order valence-corrected chi connectivity index (χ4v) is 3.57. The minimum atomic E-state index is -1.11. The summed E-state index contributed by atoms with van der Waals surface area (Å²) >= 11 is 0. The fraction of sp³-hybridized carbons (Fsp3) is 0.667. The Morgan fingerprint density at radius 1 is 1.21 bits per heavy atom. The van der Waals surface area contributed by atoms with Gasteiger partial charge in [-0.25, -0.2) is 4.79 Å². The van der Waals surface area contributed by atoms with E-state index in [2.05, 4.69) is 12.2 Å². The second-order valence-corrected chi connectivity index (χ2v) is 7.30. The molecule has 2 fully saturated rings. The first kappa shape index (κ1) is 22.0. The molecule has 2 aliphatic rings. The molecule has 2 saturated heterocycles. The van der Waals surface area contributed by atoms with Crippen molar-refractivity contribution < 1.29 is 33.6 Å². The number of benzene rings is 1. The van der Waals surface area contributed by atoms with E-state index in [1.807, 2.05) is 30.3 Å². The minimum Gasteiger partial charge on any atom is -0.438 e. The molecule has 1 unspecified atom stereocenters. The van der Waals surface area contributed by atoms with Gasteiger partial charge in [-0.3, -0.25) is 0 Å². The lowest BCUT2D eigenvalue weighted by molar-refractivity contribution is -0.357. The monoisotopic (exact) mass is 409 g/mol. The molecule has 0 saturated carbocycles. The number of carbonyl (C=O) groups is 1. The number of aliphatic hydroxyl groups excluding tert-OH is 1. The molecule has 0 radical (unpaired) electrons. The minimum absolute atomic E-state index is 0.234. The summed E-state index contributed by atoms with van der Waals surface area (Å²) in [5.41, 5.74) is 0.842. The van der Waals surface area contributed by atoms with Crippen LogP contribution in [0.2, 0.25) is 0 Å². The van der Waals surface area contributed by atoms with Crippen molar-refractivity contribution in [2.75, 3.05) is 20.3 Å². The molecule has 8 heteroatoms. The molecule has 1 aromatic rings. The molecule has 1 aromatic carbocycles. The molecule has 162 valence electrons. The number of methoxy groups -OCH3 is 1. The average Bonchev–Trinajstić information content (AvgIpc) is 2.75. The lowest BCUT2D eigenvalue weighted by atomic mass is 9.97. The lowest BCUT2D eigenvalue weighted by Crippen LogP contribution is -2.63. The van der Waals surface area contributed by atoms with E-state index in [0.717, 1.165) is 31.2 Å². The van der Waals surface area contributed by atoms with E-state index in [9.17, 15) is 9.90 Å². The van der Waals surface area contributed by atoms with Crippen LogP contribution in [0, 0.1) is 0 Å². The van der Waals surface area contributed by atoms with Crippen LogP contribution in [0.15, 0.2) is 30.3 Å². The number of hydrogen-bond acceptors (Lipinski definition) is 7. The molecule has 29 heavy (non-hydrogen) atoms. The topological polar surface area (TPSA) is 95.5 Å². The Morgan fingerprint density at radius 3 is 2.72 bits per heavy atom. The largest absolute Gasteiger partial charge is 0.438 e. The van der Waals surface area contributed by atoms with Crippen LogP contribution in [0.3, 0.4) is 0 Å². The van der Waals surface area contributed by atoms with Crippen LogP contribution in [0.4, 0.5) is 4.79 Å². The number of ether oxygens (including phenoxy) is 5. The summed E-state index contributed by atoms with van der Waals surface area (Å²) in [6, 6.07) is 9.46. The highest BCUT2D eigenvalue weighted by Gasteiger charge is 2.51. The van der Waals surface area contributed by atoms with Crippen LogP contribution < -0.4 is 5.32 Å². The molecule has 2 N–H and O–H groups in total. The molecule has 8 nitrogen and oxygen atoms in total. The highest BCUT2D eigenvalue weighted by atomic mass is 16.8. The number of nitrogens with one attached hydrogen (secondary N) is 1. The lowest BCUT2D eigenvalue weighted by Gasteiger charge is -2.46. The molecule has 1 amide bonds. The Bertz CT molecular complexity index is 629. The smallest absolute Gasteiger partial charge is 0.407 e. The van der Waals surface area contributed by atoms with Crippen molar-refractivity contribution in [3.8, 4) is 0 Å². The third kappa shape index (κ3) is 5.67. The summed E-state index contributed by atoms with van der Waals surface area (Å²) in [6.07, 6.45) is -1.30. The number of fused-ring (bicyclic) bond motifs is 1. The maximum absolute atomic E-state index is 12.2. The van der Waals surface area contributed by atoms with E-state index in [1.165, 1.54) is 7.11 Å². The number of aliphatic hydroxyl groups is 1. The predicted molar refractivity (Wildman–Crippen MR) is 104 cm³/mol. The molecule has 0 spiro atoms. The summed E-state index contributed by atoms with van der Waals surface area (Å²) in [5, 5.41) is 13.6. The van der Waals surface area contributed by atoms with Gasteiger partial charge in [0.25, 0.3) is 0 Å². The maximum Gasteiger partial charge on any atom is 0.407 e. The van der Waals surface area contributed by atoms with Crippen molar-refractivity contribution in [1.82, 2.24) is 5.32 Å². The van der Waals surface area contributed by atoms with Crippen molar-refractivity contribution >= 4 is 6.09 Å². The van der Waals surface area contributed by atoms with Crippen LogP contribution in [0.1, 0.15) is 44.5 Å². The normalized spacial score (nSPS) is 31.7. The second kappa shape index (κ2) is 10.9. The average molecular weight is 409 g/mol. The summed E-state index contributed by atoms with van der Waals surface area (Å²) in [5.74, 6) is 0. The summed E-state index contributed by atoms with van der Waals surface area (Å²) < 4.78 is 28.3. The van der Waals surface area contributed by atoms with Gasteiger partial charge in [-0.2, -0.15) is 0 Å². The van der Waals surface area contributed by atoms with Gasteiger partial charge >= 0.3 is 6.09 Å². The third-order valence-corrected chi connectivity index (χ3v) is 5.16. The fourth-order valence-electron chi connectivity index (χ4n) is 3.57. The zero-order valence-corrected chi connectivity index (χ0v) is 17.0. The number of unbranched alkanes of at least 4 members (excludes halogenated alkanes) is 3. The Kier molecular flexibility index (Phi) is 8.26. The van der Waals surface area contributed by atoms with E-state index in [1.54, 1.807) is 0 Å². The van der Waals surface area contributed by atoms with Crippen LogP contribution in [-0.4, -0.2) is 62.2 Å². The number of rotatable bonds is 8. The maximum atomic E-state index is 12.2. The summed E-state index contributed by atoms with van der Waals surface area (Å²) in [7, 11) is 1.44.